The van der Waals surface area contributed by atoms with Crippen LogP contribution in [0.2, 0.25) is 0 Å². The zero-order valence-corrected chi connectivity index (χ0v) is 29.9. The number of hydrogen-bond donors (Lipinski definition) is 3. The molecule has 254 valence electrons. The molecule has 3 rings (SSSR count). The van der Waals surface area contributed by atoms with E-state index in [1.54, 1.807) is 6.07 Å². The predicted molar refractivity (Wildman–Crippen MR) is 196 cm³/mol. The predicted octanol–water partition coefficient (Wildman–Crippen LogP) is 10.3. The lowest BCUT2D eigenvalue weighted by Gasteiger charge is -2.28. The van der Waals surface area contributed by atoms with Crippen molar-refractivity contribution in [1.82, 2.24) is 4.98 Å². The Morgan fingerprint density at radius 2 is 1.57 bits per heavy atom. The Hall–Kier alpha value is -3.33. The fourth-order valence-corrected chi connectivity index (χ4v) is 6.50. The molecule has 1 unspecified atom stereocenters. The van der Waals surface area contributed by atoms with Gasteiger partial charge in [0, 0.05) is 25.7 Å². The van der Waals surface area contributed by atoms with Crippen molar-refractivity contribution < 1.29 is 14.3 Å². The lowest BCUT2D eigenvalue weighted by molar-refractivity contribution is -0.114. The number of anilines is 4. The lowest BCUT2D eigenvalue weighted by atomic mass is 10.0. The molecule has 0 saturated heterocycles. The average Bonchev–Trinajstić information content (AvgIpc) is 3.46. The highest BCUT2D eigenvalue weighted by Gasteiger charge is 2.17. The van der Waals surface area contributed by atoms with Gasteiger partial charge in [0.1, 0.15) is 0 Å². The van der Waals surface area contributed by atoms with Gasteiger partial charge in [0.2, 0.25) is 11.0 Å². The SMILES string of the molecule is CCCCCCN(CCCCCC)c1cc(NC(C)=O)c(NNc2nc3ccc(C(=O)OCC(CC)CCCC)cc3s2)cc1C. The van der Waals surface area contributed by atoms with Gasteiger partial charge in [-0.15, -0.1) is 0 Å². The van der Waals surface area contributed by atoms with E-state index in [0.717, 1.165) is 84.5 Å². The van der Waals surface area contributed by atoms with Gasteiger partial charge in [0.05, 0.1) is 33.8 Å². The van der Waals surface area contributed by atoms with Crippen LogP contribution in [-0.4, -0.2) is 36.6 Å². The number of benzene rings is 2. The van der Waals surface area contributed by atoms with Crippen LogP contribution in [0.5, 0.6) is 0 Å². The topological polar surface area (TPSA) is 95.6 Å². The number of ether oxygens (including phenoxy) is 1. The second-order valence-corrected chi connectivity index (χ2v) is 13.5. The molecular weight excluding hydrogens is 595 g/mol. The van der Waals surface area contributed by atoms with Crippen molar-refractivity contribution in [3.8, 4) is 0 Å². The largest absolute Gasteiger partial charge is 0.462 e. The van der Waals surface area contributed by atoms with Gasteiger partial charge < -0.3 is 15.0 Å². The minimum Gasteiger partial charge on any atom is -0.462 e. The molecule has 0 bridgehead atoms. The normalized spacial score (nSPS) is 11.8. The van der Waals surface area contributed by atoms with E-state index < -0.39 is 0 Å². The maximum Gasteiger partial charge on any atom is 0.338 e. The van der Waals surface area contributed by atoms with E-state index in [1.165, 1.54) is 56.8 Å². The number of rotatable bonds is 22. The third kappa shape index (κ3) is 11.8. The van der Waals surface area contributed by atoms with Crippen molar-refractivity contribution in [2.24, 2.45) is 5.92 Å². The summed E-state index contributed by atoms with van der Waals surface area (Å²) in [6.07, 6.45) is 14.1. The van der Waals surface area contributed by atoms with Crippen LogP contribution in [0.15, 0.2) is 30.3 Å². The quantitative estimate of drug-likeness (QED) is 0.0565. The summed E-state index contributed by atoms with van der Waals surface area (Å²) < 4.78 is 6.56. The summed E-state index contributed by atoms with van der Waals surface area (Å²) in [6.45, 7) is 15.0. The number of hydrogen-bond acceptors (Lipinski definition) is 8. The molecule has 0 spiro atoms. The third-order valence-corrected chi connectivity index (χ3v) is 9.41. The second-order valence-electron chi connectivity index (χ2n) is 12.4. The fraction of sp³-hybridized carbons (Fsp3) is 0.595. The standard InChI is InChI=1S/C37H57N5O3S/c1-7-11-14-16-21-42(22-17-15-12-8-2)34-25-32(38-28(6)43)33(23-27(34)5)40-41-37-39-31-20-19-30(24-35(31)46-37)36(44)45-26-29(10-4)18-13-9-3/h19-20,23-25,29,40H,7-18,21-22,26H2,1-6H3,(H,38,43)(H,39,41). The van der Waals surface area contributed by atoms with Crippen LogP contribution < -0.4 is 21.1 Å². The number of hydrazine groups is 1. The first-order valence-corrected chi connectivity index (χ1v) is 18.4. The van der Waals surface area contributed by atoms with Gasteiger partial charge >= 0.3 is 5.97 Å². The van der Waals surface area contributed by atoms with Gasteiger partial charge in [-0.2, -0.15) is 0 Å². The number of nitrogens with zero attached hydrogens (tertiary/aromatic N) is 2. The monoisotopic (exact) mass is 651 g/mol. The molecule has 1 amide bonds. The maximum absolute atomic E-state index is 12.8. The van der Waals surface area contributed by atoms with E-state index in [0.29, 0.717) is 23.2 Å². The maximum atomic E-state index is 12.8. The number of thiazole rings is 1. The smallest absolute Gasteiger partial charge is 0.338 e. The fourth-order valence-electron chi connectivity index (χ4n) is 5.65. The number of amides is 1. The van der Waals surface area contributed by atoms with Crippen LogP contribution in [0.3, 0.4) is 0 Å². The van der Waals surface area contributed by atoms with Crippen LogP contribution in [0.25, 0.3) is 10.2 Å². The van der Waals surface area contributed by atoms with Crippen molar-refractivity contribution in [2.75, 3.05) is 40.8 Å². The molecule has 8 nitrogen and oxygen atoms in total. The van der Waals surface area contributed by atoms with Crippen molar-refractivity contribution in [3.05, 3.63) is 41.5 Å². The Kier molecular flexibility index (Phi) is 16.2. The molecule has 0 saturated carbocycles. The summed E-state index contributed by atoms with van der Waals surface area (Å²) in [5, 5.41) is 3.69. The number of fused-ring (bicyclic) bond motifs is 1. The van der Waals surface area contributed by atoms with Crippen molar-refractivity contribution in [2.45, 2.75) is 119 Å². The average molecular weight is 652 g/mol. The van der Waals surface area contributed by atoms with Crippen LogP contribution in [0.1, 0.15) is 128 Å². The molecule has 0 fully saturated rings. The summed E-state index contributed by atoms with van der Waals surface area (Å²) in [5.74, 6) is -0.0128. The van der Waals surface area contributed by atoms with Gasteiger partial charge in [-0.25, -0.2) is 9.78 Å². The minimum atomic E-state index is -0.293. The Labute approximate surface area is 281 Å². The Morgan fingerprint density at radius 3 is 2.20 bits per heavy atom. The first-order valence-electron chi connectivity index (χ1n) is 17.6. The highest BCUT2D eigenvalue weighted by atomic mass is 32.1. The van der Waals surface area contributed by atoms with E-state index >= 15 is 0 Å². The summed E-state index contributed by atoms with van der Waals surface area (Å²) in [5.41, 5.74) is 11.7. The molecule has 9 heteroatoms. The molecule has 46 heavy (non-hydrogen) atoms. The molecule has 3 N–H and O–H groups in total. The molecule has 1 heterocycles. The van der Waals surface area contributed by atoms with Crippen LogP contribution >= 0.6 is 11.3 Å². The molecule has 2 aromatic carbocycles. The third-order valence-electron chi connectivity index (χ3n) is 8.47. The first-order chi connectivity index (χ1) is 22.3. The van der Waals surface area contributed by atoms with E-state index in [2.05, 4.69) is 67.8 Å². The highest BCUT2D eigenvalue weighted by Crippen LogP contribution is 2.34. The van der Waals surface area contributed by atoms with Crippen molar-refractivity contribution >= 4 is 55.6 Å². The number of esters is 1. The highest BCUT2D eigenvalue weighted by molar-refractivity contribution is 7.22. The number of carbonyl (C=O) groups excluding carboxylic acids is 2. The first kappa shape index (κ1) is 37.1. The number of carbonyl (C=O) groups is 2. The van der Waals surface area contributed by atoms with E-state index in [1.807, 2.05) is 12.1 Å². The molecule has 1 aromatic heterocycles. The zero-order chi connectivity index (χ0) is 33.3. The summed E-state index contributed by atoms with van der Waals surface area (Å²) in [4.78, 5) is 32.2. The Bertz CT molecular complexity index is 1360. The van der Waals surface area contributed by atoms with E-state index in [9.17, 15) is 9.59 Å². The number of nitrogens with one attached hydrogen (secondary N) is 3. The van der Waals surface area contributed by atoms with Gasteiger partial charge in [-0.05, 0) is 68.0 Å². The molecule has 0 aliphatic heterocycles. The number of aryl methyl sites for hydroxylation is 1. The van der Waals surface area contributed by atoms with Crippen LogP contribution in [0.4, 0.5) is 22.2 Å². The van der Waals surface area contributed by atoms with Gasteiger partial charge in [0.15, 0.2) is 0 Å². The zero-order valence-electron chi connectivity index (χ0n) is 29.1. The van der Waals surface area contributed by atoms with Crippen LogP contribution in [-0.2, 0) is 9.53 Å². The second kappa shape index (κ2) is 20.0. The number of unbranched alkanes of at least 4 members (excludes halogenated alkanes) is 7. The van der Waals surface area contributed by atoms with Crippen molar-refractivity contribution in [1.29, 1.82) is 0 Å². The summed E-state index contributed by atoms with van der Waals surface area (Å²) in [7, 11) is 0. The number of aromatic nitrogens is 1. The Balaban J connectivity index is 1.74. The molecular formula is C37H57N5O3S. The molecule has 0 radical (unpaired) electrons. The van der Waals surface area contributed by atoms with Gasteiger partial charge in [-0.1, -0.05) is 96.8 Å². The Morgan fingerprint density at radius 1 is 0.870 bits per heavy atom. The molecule has 0 aliphatic carbocycles. The molecule has 0 aliphatic rings. The lowest BCUT2D eigenvalue weighted by Crippen LogP contribution is -2.27. The minimum absolute atomic E-state index is 0.120. The summed E-state index contributed by atoms with van der Waals surface area (Å²) >= 11 is 1.46. The van der Waals surface area contributed by atoms with Gasteiger partial charge in [-0.3, -0.25) is 15.6 Å². The molecule has 3 aromatic rings. The van der Waals surface area contributed by atoms with E-state index in [-0.39, 0.29) is 11.9 Å². The summed E-state index contributed by atoms with van der Waals surface area (Å²) in [6, 6.07) is 9.68. The van der Waals surface area contributed by atoms with Crippen molar-refractivity contribution in [3.63, 3.8) is 0 Å². The van der Waals surface area contributed by atoms with E-state index in [4.69, 9.17) is 9.72 Å². The molecule has 1 atom stereocenters. The van der Waals surface area contributed by atoms with Gasteiger partial charge in [0.25, 0.3) is 0 Å². The van der Waals surface area contributed by atoms with Crippen LogP contribution in [0, 0.1) is 12.8 Å².